The highest BCUT2D eigenvalue weighted by Crippen LogP contribution is 2.44. The summed E-state index contributed by atoms with van der Waals surface area (Å²) in [5.41, 5.74) is 1.09. The van der Waals surface area contributed by atoms with E-state index in [0.717, 1.165) is 5.56 Å². The van der Waals surface area contributed by atoms with Crippen molar-refractivity contribution in [3.05, 3.63) is 32.8 Å². The summed E-state index contributed by atoms with van der Waals surface area (Å²) in [6.45, 7) is 5.66. The predicted octanol–water partition coefficient (Wildman–Crippen LogP) is 4.21. The van der Waals surface area contributed by atoms with Crippen molar-refractivity contribution in [1.82, 2.24) is 0 Å². The number of carbonyl (C=O) groups excluding carboxylic acids is 2. The second kappa shape index (κ2) is 5.62. The quantitative estimate of drug-likeness (QED) is 0.780. The zero-order valence-corrected chi connectivity index (χ0v) is 14.1. The summed E-state index contributed by atoms with van der Waals surface area (Å²) in [4.78, 5) is 24.2. The Morgan fingerprint density at radius 1 is 1.29 bits per heavy atom. The highest BCUT2D eigenvalue weighted by molar-refractivity contribution is 6.45. The number of aryl methyl sites for hydroxylation is 1. The topological polar surface area (TPSA) is 43.4 Å². The number of carbonyl (C=O) groups is 2. The molecule has 0 bridgehead atoms. The van der Waals surface area contributed by atoms with Crippen LogP contribution in [-0.4, -0.2) is 18.9 Å². The lowest BCUT2D eigenvalue weighted by Gasteiger charge is -2.32. The number of ether oxygens (including phenoxy) is 1. The third-order valence-corrected chi connectivity index (χ3v) is 5.38. The third-order valence-electron chi connectivity index (χ3n) is 4.51. The number of esters is 1. The lowest BCUT2D eigenvalue weighted by atomic mass is 9.72. The molecule has 0 saturated carbocycles. The van der Waals surface area contributed by atoms with Gasteiger partial charge in [-0.1, -0.05) is 43.1 Å². The first-order valence-electron chi connectivity index (χ1n) is 6.88. The molecule has 1 aromatic rings. The maximum absolute atomic E-state index is 12.3. The minimum Gasteiger partial charge on any atom is -0.468 e. The van der Waals surface area contributed by atoms with Gasteiger partial charge in [0.2, 0.25) is 0 Å². The molecule has 1 atom stereocenters. The summed E-state index contributed by atoms with van der Waals surface area (Å²) in [7, 11) is 1.36. The lowest BCUT2D eigenvalue weighted by molar-refractivity contribution is -0.148. The van der Waals surface area contributed by atoms with Crippen LogP contribution in [-0.2, 0) is 21.4 Å². The predicted molar refractivity (Wildman–Crippen MR) is 83.3 cm³/mol. The first-order chi connectivity index (χ1) is 9.75. The lowest BCUT2D eigenvalue weighted by Crippen LogP contribution is -2.39. The van der Waals surface area contributed by atoms with E-state index < -0.39 is 5.41 Å². The number of rotatable bonds is 3. The van der Waals surface area contributed by atoms with Gasteiger partial charge in [0.05, 0.1) is 22.6 Å². The second-order valence-corrected chi connectivity index (χ2v) is 6.61. The second-order valence-electron chi connectivity index (χ2n) is 5.86. The molecule has 5 heteroatoms. The number of Topliss-reactive ketones (excluding diaryl/α,β-unsaturated/α-hetero) is 1. The van der Waals surface area contributed by atoms with Crippen LogP contribution in [0.5, 0.6) is 0 Å². The van der Waals surface area contributed by atoms with Gasteiger partial charge in [0.1, 0.15) is 0 Å². The van der Waals surface area contributed by atoms with Crippen LogP contribution < -0.4 is 0 Å². The molecule has 2 rings (SSSR count). The molecule has 0 aromatic heterocycles. The Bertz CT molecular complexity index is 622. The van der Waals surface area contributed by atoms with Gasteiger partial charge in [-0.05, 0) is 30.4 Å². The molecule has 1 aliphatic rings. The fourth-order valence-electron chi connectivity index (χ4n) is 2.80. The molecule has 0 spiro atoms. The Kier molecular flexibility index (Phi) is 4.36. The van der Waals surface area contributed by atoms with Crippen LogP contribution >= 0.6 is 23.2 Å². The largest absolute Gasteiger partial charge is 0.468 e. The fourth-order valence-corrected chi connectivity index (χ4v) is 3.47. The summed E-state index contributed by atoms with van der Waals surface area (Å²) in [6, 6.07) is 1.84. The molecule has 1 unspecified atom stereocenters. The van der Waals surface area contributed by atoms with Crippen LogP contribution in [0.1, 0.15) is 48.7 Å². The third kappa shape index (κ3) is 2.36. The monoisotopic (exact) mass is 328 g/mol. The molecule has 0 radical (unpaired) electrons. The Morgan fingerprint density at radius 2 is 1.90 bits per heavy atom. The number of methoxy groups -OCH3 is 1. The van der Waals surface area contributed by atoms with E-state index in [4.69, 9.17) is 27.9 Å². The molecule has 0 heterocycles. The van der Waals surface area contributed by atoms with Crippen LogP contribution in [0, 0.1) is 5.92 Å². The van der Waals surface area contributed by atoms with Crippen LogP contribution in [0.4, 0.5) is 0 Å². The standard InChI is InChI=1S/C16H18Cl2O3/c1-8(2)16(3,15(20)21-4)10-7-9-5-6-11(19)12(9)14(18)13(10)17/h7-8H,5-6H2,1-4H3. The molecule has 0 N–H and O–H groups in total. The van der Waals surface area contributed by atoms with Gasteiger partial charge in [0.25, 0.3) is 0 Å². The average molecular weight is 329 g/mol. The first kappa shape index (κ1) is 16.3. The van der Waals surface area contributed by atoms with Crippen LogP contribution in [0.3, 0.4) is 0 Å². The molecule has 0 aliphatic heterocycles. The number of hydrogen-bond acceptors (Lipinski definition) is 3. The van der Waals surface area contributed by atoms with Gasteiger partial charge in [0, 0.05) is 12.0 Å². The normalized spacial score (nSPS) is 16.8. The SMILES string of the molecule is COC(=O)C(C)(c1cc2c(c(Cl)c1Cl)C(=O)CC2)C(C)C. The van der Waals surface area contributed by atoms with E-state index in [2.05, 4.69) is 0 Å². The number of ketones is 1. The number of benzene rings is 1. The van der Waals surface area contributed by atoms with E-state index in [1.807, 2.05) is 19.9 Å². The number of halogens is 2. The van der Waals surface area contributed by atoms with Gasteiger partial charge in [-0.25, -0.2) is 0 Å². The van der Waals surface area contributed by atoms with E-state index in [-0.39, 0.29) is 27.7 Å². The van der Waals surface area contributed by atoms with Crippen molar-refractivity contribution in [2.75, 3.05) is 7.11 Å². The summed E-state index contributed by atoms with van der Waals surface area (Å²) in [5, 5.41) is 0.523. The van der Waals surface area contributed by atoms with Crippen molar-refractivity contribution >= 4 is 35.0 Å². The van der Waals surface area contributed by atoms with Crippen molar-refractivity contribution in [2.45, 2.75) is 39.0 Å². The highest BCUT2D eigenvalue weighted by atomic mass is 35.5. The number of fused-ring (bicyclic) bond motifs is 1. The minimum atomic E-state index is -0.907. The molecule has 1 aromatic carbocycles. The highest BCUT2D eigenvalue weighted by Gasteiger charge is 2.43. The Hall–Kier alpha value is -1.06. The molecular formula is C16H18Cl2O3. The summed E-state index contributed by atoms with van der Waals surface area (Å²) >= 11 is 12.7. The Labute approximate surface area is 134 Å². The molecular weight excluding hydrogens is 311 g/mol. The zero-order chi connectivity index (χ0) is 15.9. The van der Waals surface area contributed by atoms with Gasteiger partial charge in [-0.2, -0.15) is 0 Å². The minimum absolute atomic E-state index is 0.00719. The molecule has 114 valence electrons. The molecule has 1 aliphatic carbocycles. The Balaban J connectivity index is 2.72. The molecule has 0 amide bonds. The van der Waals surface area contributed by atoms with Gasteiger partial charge in [-0.15, -0.1) is 0 Å². The smallest absolute Gasteiger partial charge is 0.316 e. The summed E-state index contributed by atoms with van der Waals surface area (Å²) < 4.78 is 4.96. The molecule has 21 heavy (non-hydrogen) atoms. The van der Waals surface area contributed by atoms with Crippen molar-refractivity contribution in [2.24, 2.45) is 5.92 Å². The van der Waals surface area contributed by atoms with E-state index in [0.29, 0.717) is 24.0 Å². The van der Waals surface area contributed by atoms with Gasteiger partial charge in [-0.3, -0.25) is 9.59 Å². The maximum atomic E-state index is 12.3. The van der Waals surface area contributed by atoms with E-state index in [1.54, 1.807) is 6.92 Å². The van der Waals surface area contributed by atoms with Crippen LogP contribution in [0.15, 0.2) is 6.07 Å². The molecule has 0 saturated heterocycles. The van der Waals surface area contributed by atoms with Crippen molar-refractivity contribution in [3.8, 4) is 0 Å². The van der Waals surface area contributed by atoms with Crippen LogP contribution in [0.25, 0.3) is 0 Å². The molecule has 0 fully saturated rings. The summed E-state index contributed by atoms with van der Waals surface area (Å²) in [6.07, 6.45) is 1.07. The first-order valence-corrected chi connectivity index (χ1v) is 7.63. The van der Waals surface area contributed by atoms with E-state index >= 15 is 0 Å². The van der Waals surface area contributed by atoms with Crippen molar-refractivity contribution in [3.63, 3.8) is 0 Å². The van der Waals surface area contributed by atoms with Crippen LogP contribution in [0.2, 0.25) is 10.0 Å². The average Bonchev–Trinajstić information content (AvgIpc) is 2.82. The van der Waals surface area contributed by atoms with Gasteiger partial charge in [0.15, 0.2) is 5.78 Å². The maximum Gasteiger partial charge on any atom is 0.316 e. The zero-order valence-electron chi connectivity index (χ0n) is 12.5. The number of hydrogen-bond donors (Lipinski definition) is 0. The Morgan fingerprint density at radius 3 is 2.43 bits per heavy atom. The van der Waals surface area contributed by atoms with E-state index in [9.17, 15) is 9.59 Å². The fraction of sp³-hybridized carbons (Fsp3) is 0.500. The molecule has 3 nitrogen and oxygen atoms in total. The summed E-state index contributed by atoms with van der Waals surface area (Å²) in [5.74, 6) is -0.388. The van der Waals surface area contributed by atoms with Crippen molar-refractivity contribution in [1.29, 1.82) is 0 Å². The van der Waals surface area contributed by atoms with Gasteiger partial charge < -0.3 is 4.74 Å². The van der Waals surface area contributed by atoms with Crippen molar-refractivity contribution < 1.29 is 14.3 Å². The van der Waals surface area contributed by atoms with E-state index in [1.165, 1.54) is 7.11 Å². The van der Waals surface area contributed by atoms with Gasteiger partial charge >= 0.3 is 5.97 Å².